The predicted molar refractivity (Wildman–Crippen MR) is 57.8 cm³/mol. The molecule has 1 aliphatic rings. The summed E-state index contributed by atoms with van der Waals surface area (Å²) in [4.78, 5) is 12.8. The standard InChI is InChI=1S/C9H15N3O3S/c1-2-11-16(14,15)4-3-12-7-8(6-10)5-9(12)13/h8,11H,2-5,7H2,1H3. The second-order valence-electron chi connectivity index (χ2n) is 3.69. The van der Waals surface area contributed by atoms with E-state index in [9.17, 15) is 13.2 Å². The van der Waals surface area contributed by atoms with E-state index in [4.69, 9.17) is 5.26 Å². The minimum atomic E-state index is -3.29. The van der Waals surface area contributed by atoms with Crippen molar-refractivity contribution in [3.63, 3.8) is 0 Å². The number of hydrogen-bond donors (Lipinski definition) is 1. The van der Waals surface area contributed by atoms with Crippen LogP contribution < -0.4 is 4.72 Å². The topological polar surface area (TPSA) is 90.3 Å². The fourth-order valence-corrected chi connectivity index (χ4v) is 2.64. The van der Waals surface area contributed by atoms with Crippen molar-refractivity contribution in [1.82, 2.24) is 9.62 Å². The van der Waals surface area contributed by atoms with E-state index in [1.54, 1.807) is 6.92 Å². The first-order valence-corrected chi connectivity index (χ1v) is 6.78. The average molecular weight is 245 g/mol. The van der Waals surface area contributed by atoms with Crippen LogP contribution in [0.4, 0.5) is 0 Å². The Bertz CT molecular complexity index is 399. The van der Waals surface area contributed by atoms with E-state index in [1.807, 2.05) is 6.07 Å². The van der Waals surface area contributed by atoms with Crippen LogP contribution >= 0.6 is 0 Å². The molecular formula is C9H15N3O3S. The summed E-state index contributed by atoms with van der Waals surface area (Å²) in [6, 6.07) is 2.02. The fraction of sp³-hybridized carbons (Fsp3) is 0.778. The summed E-state index contributed by atoms with van der Waals surface area (Å²) < 4.78 is 25.0. The van der Waals surface area contributed by atoms with E-state index in [1.165, 1.54) is 4.90 Å². The maximum absolute atomic E-state index is 11.4. The number of amides is 1. The smallest absolute Gasteiger partial charge is 0.224 e. The molecule has 90 valence electrons. The second-order valence-corrected chi connectivity index (χ2v) is 5.61. The van der Waals surface area contributed by atoms with E-state index in [2.05, 4.69) is 4.72 Å². The van der Waals surface area contributed by atoms with Crippen molar-refractivity contribution in [2.24, 2.45) is 5.92 Å². The highest BCUT2D eigenvalue weighted by Crippen LogP contribution is 2.16. The quantitative estimate of drug-likeness (QED) is 0.693. The van der Waals surface area contributed by atoms with Crippen molar-refractivity contribution in [3.05, 3.63) is 0 Å². The summed E-state index contributed by atoms with van der Waals surface area (Å²) in [6.45, 7) is 2.55. The average Bonchev–Trinajstić information content (AvgIpc) is 2.56. The zero-order chi connectivity index (χ0) is 12.2. The molecular weight excluding hydrogens is 230 g/mol. The number of nitrogens with one attached hydrogen (secondary N) is 1. The number of nitrogens with zero attached hydrogens (tertiary/aromatic N) is 2. The first kappa shape index (κ1) is 12.9. The van der Waals surface area contributed by atoms with Gasteiger partial charge in [-0.05, 0) is 0 Å². The van der Waals surface area contributed by atoms with Gasteiger partial charge in [-0.1, -0.05) is 6.92 Å². The van der Waals surface area contributed by atoms with Crippen molar-refractivity contribution in [3.8, 4) is 6.07 Å². The Kier molecular flexibility index (Phi) is 4.26. The van der Waals surface area contributed by atoms with Crippen LogP contribution in [0.1, 0.15) is 13.3 Å². The highest BCUT2D eigenvalue weighted by molar-refractivity contribution is 7.89. The summed E-state index contributed by atoms with van der Waals surface area (Å²) >= 11 is 0. The molecule has 1 aliphatic heterocycles. The minimum absolute atomic E-state index is 0.106. The summed E-state index contributed by atoms with van der Waals surface area (Å²) in [6.07, 6.45) is 0.206. The number of rotatable bonds is 5. The van der Waals surface area contributed by atoms with E-state index < -0.39 is 10.0 Å². The van der Waals surface area contributed by atoms with E-state index >= 15 is 0 Å². The van der Waals surface area contributed by atoms with Gasteiger partial charge in [0.2, 0.25) is 15.9 Å². The third-order valence-corrected chi connectivity index (χ3v) is 3.84. The molecule has 0 aliphatic carbocycles. The summed E-state index contributed by atoms with van der Waals surface area (Å²) in [5, 5.41) is 8.65. The zero-order valence-electron chi connectivity index (χ0n) is 9.14. The molecule has 16 heavy (non-hydrogen) atoms. The largest absolute Gasteiger partial charge is 0.340 e. The third kappa shape index (κ3) is 3.47. The van der Waals surface area contributed by atoms with Gasteiger partial charge in [-0.25, -0.2) is 13.1 Å². The molecule has 7 heteroatoms. The molecule has 1 N–H and O–H groups in total. The Hall–Kier alpha value is -1.13. The van der Waals surface area contributed by atoms with Crippen LogP contribution in [-0.2, 0) is 14.8 Å². The lowest BCUT2D eigenvalue weighted by molar-refractivity contribution is -0.127. The number of hydrogen-bond acceptors (Lipinski definition) is 4. The summed E-state index contributed by atoms with van der Waals surface area (Å²) in [5.74, 6) is -0.544. The van der Waals surface area contributed by atoms with Crippen LogP contribution in [0.5, 0.6) is 0 Å². The Labute approximate surface area is 95.3 Å². The Morgan fingerprint density at radius 3 is 2.81 bits per heavy atom. The van der Waals surface area contributed by atoms with Crippen molar-refractivity contribution in [2.45, 2.75) is 13.3 Å². The van der Waals surface area contributed by atoms with Crippen LogP contribution in [0.3, 0.4) is 0 Å². The number of carbonyl (C=O) groups is 1. The van der Waals surface area contributed by atoms with Crippen LogP contribution in [0.2, 0.25) is 0 Å². The van der Waals surface area contributed by atoms with E-state index in [0.29, 0.717) is 13.1 Å². The lowest BCUT2D eigenvalue weighted by atomic mass is 10.1. The molecule has 0 spiro atoms. The first-order valence-electron chi connectivity index (χ1n) is 5.13. The molecule has 1 unspecified atom stereocenters. The van der Waals surface area contributed by atoms with Crippen molar-refractivity contribution in [2.75, 3.05) is 25.4 Å². The van der Waals surface area contributed by atoms with Gasteiger partial charge in [0.25, 0.3) is 0 Å². The number of nitriles is 1. The van der Waals surface area contributed by atoms with Crippen LogP contribution in [0.25, 0.3) is 0 Å². The SMILES string of the molecule is CCNS(=O)(=O)CCN1CC(C#N)CC1=O. The number of carbonyl (C=O) groups excluding carboxylic acids is 1. The van der Waals surface area contributed by atoms with Gasteiger partial charge < -0.3 is 4.90 Å². The van der Waals surface area contributed by atoms with E-state index in [-0.39, 0.29) is 30.5 Å². The van der Waals surface area contributed by atoms with Crippen molar-refractivity contribution >= 4 is 15.9 Å². The monoisotopic (exact) mass is 245 g/mol. The van der Waals surface area contributed by atoms with Gasteiger partial charge >= 0.3 is 0 Å². The molecule has 0 aromatic rings. The van der Waals surface area contributed by atoms with Gasteiger partial charge in [0.05, 0.1) is 17.7 Å². The van der Waals surface area contributed by atoms with Crippen LogP contribution in [0, 0.1) is 17.2 Å². The molecule has 1 rings (SSSR count). The van der Waals surface area contributed by atoms with Gasteiger partial charge in [0.1, 0.15) is 0 Å². The Balaban J connectivity index is 2.46. The molecule has 0 radical (unpaired) electrons. The zero-order valence-corrected chi connectivity index (χ0v) is 9.96. The number of likely N-dealkylation sites (tertiary alicyclic amines) is 1. The number of sulfonamides is 1. The highest BCUT2D eigenvalue weighted by atomic mass is 32.2. The first-order chi connectivity index (χ1) is 7.48. The molecule has 6 nitrogen and oxygen atoms in total. The van der Waals surface area contributed by atoms with Gasteiger partial charge in [0.15, 0.2) is 0 Å². The predicted octanol–water partition coefficient (Wildman–Crippen LogP) is -0.702. The van der Waals surface area contributed by atoms with Gasteiger partial charge in [-0.3, -0.25) is 4.79 Å². The lowest BCUT2D eigenvalue weighted by Gasteiger charge is -2.15. The maximum atomic E-state index is 11.4. The second kappa shape index (κ2) is 5.27. The van der Waals surface area contributed by atoms with Crippen molar-refractivity contribution in [1.29, 1.82) is 5.26 Å². The summed E-state index contributed by atoms with van der Waals surface area (Å²) in [7, 11) is -3.29. The molecule has 0 aromatic carbocycles. The molecule has 0 aromatic heterocycles. The van der Waals surface area contributed by atoms with E-state index in [0.717, 1.165) is 0 Å². The van der Waals surface area contributed by atoms with Gasteiger partial charge in [-0.2, -0.15) is 5.26 Å². The molecule has 1 heterocycles. The highest BCUT2D eigenvalue weighted by Gasteiger charge is 2.29. The molecule has 0 bridgehead atoms. The van der Waals surface area contributed by atoms with Gasteiger partial charge in [0, 0.05) is 26.1 Å². The van der Waals surface area contributed by atoms with Crippen LogP contribution in [-0.4, -0.2) is 44.6 Å². The Morgan fingerprint density at radius 1 is 1.62 bits per heavy atom. The minimum Gasteiger partial charge on any atom is -0.340 e. The normalized spacial score (nSPS) is 21.1. The van der Waals surface area contributed by atoms with Crippen LogP contribution in [0.15, 0.2) is 0 Å². The Morgan fingerprint density at radius 2 is 2.31 bits per heavy atom. The third-order valence-electron chi connectivity index (χ3n) is 2.39. The molecule has 1 atom stereocenters. The lowest BCUT2D eigenvalue weighted by Crippen LogP contribution is -2.35. The van der Waals surface area contributed by atoms with Gasteiger partial charge in [-0.15, -0.1) is 0 Å². The maximum Gasteiger partial charge on any atom is 0.224 e. The van der Waals surface area contributed by atoms with Crippen molar-refractivity contribution < 1.29 is 13.2 Å². The molecule has 1 amide bonds. The molecule has 1 fully saturated rings. The summed E-state index contributed by atoms with van der Waals surface area (Å²) in [5.41, 5.74) is 0. The molecule has 1 saturated heterocycles. The molecule has 0 saturated carbocycles. The fourth-order valence-electron chi connectivity index (χ4n) is 1.60.